The minimum atomic E-state index is -1.03. The van der Waals surface area contributed by atoms with Crippen molar-refractivity contribution in [1.82, 2.24) is 5.32 Å². The molecule has 84 valence electrons. The number of carboxylic acid groups (broad SMARTS) is 1. The Morgan fingerprint density at radius 2 is 2.00 bits per heavy atom. The molecule has 0 aliphatic rings. The normalized spacial score (nSPS) is 12.7. The van der Waals surface area contributed by atoms with E-state index < -0.39 is 17.4 Å². The van der Waals surface area contributed by atoms with Crippen molar-refractivity contribution in [3.63, 3.8) is 0 Å². The molecule has 1 atom stereocenters. The number of carbonyl (C=O) groups is 2. The molecule has 0 saturated heterocycles. The summed E-state index contributed by atoms with van der Waals surface area (Å²) in [6.45, 7) is 5.27. The predicted molar refractivity (Wildman–Crippen MR) is 57.1 cm³/mol. The van der Waals surface area contributed by atoms with Gasteiger partial charge in [-0.3, -0.25) is 4.79 Å². The van der Waals surface area contributed by atoms with Crippen molar-refractivity contribution in [2.45, 2.75) is 39.7 Å². The summed E-state index contributed by atoms with van der Waals surface area (Å²) in [5.41, 5.74) is -0.516. The van der Waals surface area contributed by atoms with Gasteiger partial charge in [-0.25, -0.2) is 4.79 Å². The fraction of sp³-hybridized carbons (Fsp3) is 0.636. The Hall–Kier alpha value is -1.50. The van der Waals surface area contributed by atoms with Crippen LogP contribution in [0, 0.1) is 17.8 Å². The van der Waals surface area contributed by atoms with E-state index in [2.05, 4.69) is 11.2 Å². The van der Waals surface area contributed by atoms with Crippen molar-refractivity contribution in [2.75, 3.05) is 0 Å². The molecule has 0 aromatic carbocycles. The molecule has 15 heavy (non-hydrogen) atoms. The van der Waals surface area contributed by atoms with Gasteiger partial charge in [-0.2, -0.15) is 0 Å². The van der Waals surface area contributed by atoms with Crippen LogP contribution in [0.4, 0.5) is 0 Å². The molecule has 0 aromatic rings. The average Bonchev–Trinajstić information content (AvgIpc) is 2.08. The molecule has 1 unspecified atom stereocenters. The van der Waals surface area contributed by atoms with Gasteiger partial charge >= 0.3 is 5.97 Å². The first-order valence-corrected chi connectivity index (χ1v) is 4.74. The number of nitrogens with one attached hydrogen (secondary N) is 1. The zero-order valence-corrected chi connectivity index (χ0v) is 9.33. The second kappa shape index (κ2) is 5.40. The number of amides is 1. The molecular weight excluding hydrogens is 194 g/mol. The molecule has 4 nitrogen and oxygen atoms in total. The van der Waals surface area contributed by atoms with Crippen molar-refractivity contribution >= 4 is 11.9 Å². The second-order valence-corrected chi connectivity index (χ2v) is 4.41. The van der Waals surface area contributed by atoms with Gasteiger partial charge in [0.25, 0.3) is 0 Å². The van der Waals surface area contributed by atoms with Crippen molar-refractivity contribution < 1.29 is 14.7 Å². The summed E-state index contributed by atoms with van der Waals surface area (Å²) in [5, 5.41) is 11.4. The van der Waals surface area contributed by atoms with E-state index in [0.717, 1.165) is 0 Å². The monoisotopic (exact) mass is 211 g/mol. The van der Waals surface area contributed by atoms with E-state index in [9.17, 15) is 9.59 Å². The Labute approximate surface area is 90.1 Å². The van der Waals surface area contributed by atoms with Crippen molar-refractivity contribution in [1.29, 1.82) is 0 Å². The van der Waals surface area contributed by atoms with E-state index in [1.165, 1.54) is 0 Å². The Balaban J connectivity index is 4.39. The lowest BCUT2D eigenvalue weighted by atomic mass is 9.86. The Morgan fingerprint density at radius 1 is 1.47 bits per heavy atom. The Bertz CT molecular complexity index is 283. The van der Waals surface area contributed by atoms with Gasteiger partial charge < -0.3 is 10.4 Å². The van der Waals surface area contributed by atoms with Gasteiger partial charge in [0.05, 0.1) is 0 Å². The topological polar surface area (TPSA) is 66.4 Å². The maximum atomic E-state index is 11.3. The molecule has 0 heterocycles. The van der Waals surface area contributed by atoms with Crippen LogP contribution >= 0.6 is 0 Å². The average molecular weight is 211 g/mol. The third-order valence-corrected chi connectivity index (χ3v) is 1.91. The fourth-order valence-electron chi connectivity index (χ4n) is 1.07. The first-order valence-electron chi connectivity index (χ1n) is 4.74. The maximum absolute atomic E-state index is 11.3. The van der Waals surface area contributed by atoms with Crippen LogP contribution in [0.1, 0.15) is 33.6 Å². The molecule has 1 amide bonds. The fourth-order valence-corrected chi connectivity index (χ4v) is 1.07. The minimum Gasteiger partial charge on any atom is -0.480 e. The van der Waals surface area contributed by atoms with E-state index in [1.807, 2.05) is 0 Å². The number of hydrogen-bond acceptors (Lipinski definition) is 2. The highest BCUT2D eigenvalue weighted by Gasteiger charge is 2.32. The molecule has 0 aliphatic heterocycles. The molecule has 0 fully saturated rings. The highest BCUT2D eigenvalue weighted by molar-refractivity contribution is 5.84. The lowest BCUT2D eigenvalue weighted by Gasteiger charge is -2.27. The predicted octanol–water partition coefficient (Wildman–Crippen LogP) is 1.02. The summed E-state index contributed by atoms with van der Waals surface area (Å²) >= 11 is 0. The first kappa shape index (κ1) is 13.5. The molecule has 0 radical (unpaired) electrons. The highest BCUT2D eigenvalue weighted by Crippen LogP contribution is 2.19. The molecule has 4 heteroatoms. The van der Waals surface area contributed by atoms with Crippen LogP contribution in [-0.2, 0) is 9.59 Å². The van der Waals surface area contributed by atoms with Gasteiger partial charge in [0, 0.05) is 12.8 Å². The molecule has 0 spiro atoms. The van der Waals surface area contributed by atoms with Gasteiger partial charge in [-0.15, -0.1) is 12.3 Å². The molecular formula is C11H17NO3. The van der Waals surface area contributed by atoms with Crippen LogP contribution < -0.4 is 5.32 Å². The summed E-state index contributed by atoms with van der Waals surface area (Å²) in [6.07, 6.45) is 5.49. The molecule has 0 bridgehead atoms. The molecule has 0 saturated carbocycles. The van der Waals surface area contributed by atoms with Crippen LogP contribution in [0.3, 0.4) is 0 Å². The van der Waals surface area contributed by atoms with Crippen LogP contribution in [-0.4, -0.2) is 23.0 Å². The summed E-state index contributed by atoms with van der Waals surface area (Å²) in [6, 6.07) is -0.886. The molecule has 2 N–H and O–H groups in total. The van der Waals surface area contributed by atoms with Gasteiger partial charge in [0.15, 0.2) is 0 Å². The van der Waals surface area contributed by atoms with E-state index in [4.69, 9.17) is 11.5 Å². The second-order valence-electron chi connectivity index (χ2n) is 4.41. The Kier molecular flexibility index (Phi) is 4.86. The van der Waals surface area contributed by atoms with E-state index in [-0.39, 0.29) is 12.3 Å². The molecule has 0 aliphatic carbocycles. The van der Waals surface area contributed by atoms with Gasteiger partial charge in [-0.05, 0) is 5.41 Å². The zero-order valence-electron chi connectivity index (χ0n) is 9.33. The number of carbonyl (C=O) groups excluding carboxylic acids is 1. The van der Waals surface area contributed by atoms with Gasteiger partial charge in [0.1, 0.15) is 6.04 Å². The first-order chi connectivity index (χ1) is 6.79. The Morgan fingerprint density at radius 3 is 2.33 bits per heavy atom. The van der Waals surface area contributed by atoms with E-state index >= 15 is 0 Å². The van der Waals surface area contributed by atoms with Crippen molar-refractivity contribution in [3.05, 3.63) is 0 Å². The van der Waals surface area contributed by atoms with Gasteiger partial charge in [0.2, 0.25) is 5.91 Å². The van der Waals surface area contributed by atoms with Crippen molar-refractivity contribution in [2.24, 2.45) is 5.41 Å². The lowest BCUT2D eigenvalue weighted by Crippen LogP contribution is -2.49. The number of aliphatic carboxylic acids is 1. The molecule has 0 aromatic heterocycles. The van der Waals surface area contributed by atoms with Crippen LogP contribution in [0.5, 0.6) is 0 Å². The molecule has 0 rings (SSSR count). The van der Waals surface area contributed by atoms with Gasteiger partial charge in [-0.1, -0.05) is 20.8 Å². The summed E-state index contributed by atoms with van der Waals surface area (Å²) in [4.78, 5) is 22.2. The third-order valence-electron chi connectivity index (χ3n) is 1.91. The summed E-state index contributed by atoms with van der Waals surface area (Å²) in [5.74, 6) is 0.977. The number of hydrogen-bond donors (Lipinski definition) is 2. The number of rotatable bonds is 4. The smallest absolute Gasteiger partial charge is 0.326 e. The largest absolute Gasteiger partial charge is 0.480 e. The van der Waals surface area contributed by atoms with Crippen LogP contribution in [0.25, 0.3) is 0 Å². The highest BCUT2D eigenvalue weighted by atomic mass is 16.4. The van der Waals surface area contributed by atoms with Crippen LogP contribution in [0.15, 0.2) is 0 Å². The van der Waals surface area contributed by atoms with Crippen LogP contribution in [0.2, 0.25) is 0 Å². The quantitative estimate of drug-likeness (QED) is 0.682. The van der Waals surface area contributed by atoms with E-state index in [1.54, 1.807) is 20.8 Å². The minimum absolute atomic E-state index is 0.163. The maximum Gasteiger partial charge on any atom is 0.326 e. The zero-order chi connectivity index (χ0) is 12.1. The lowest BCUT2D eigenvalue weighted by molar-refractivity contribution is -0.144. The van der Waals surface area contributed by atoms with E-state index in [0.29, 0.717) is 6.42 Å². The third kappa shape index (κ3) is 5.06. The SMILES string of the molecule is C#CCCC(=O)NC(C(=O)O)C(C)(C)C. The summed E-state index contributed by atoms with van der Waals surface area (Å²) < 4.78 is 0. The number of terminal acetylenes is 1. The summed E-state index contributed by atoms with van der Waals surface area (Å²) in [7, 11) is 0. The number of carboxylic acids is 1. The van der Waals surface area contributed by atoms with Crippen molar-refractivity contribution in [3.8, 4) is 12.3 Å². The standard InChI is InChI=1S/C11H17NO3/c1-5-6-7-8(13)12-9(10(14)15)11(2,3)4/h1,9H,6-7H2,2-4H3,(H,12,13)(H,14,15).